The average molecular weight is 237 g/mol. The van der Waals surface area contributed by atoms with Gasteiger partial charge in [-0.2, -0.15) is 4.98 Å². The van der Waals surface area contributed by atoms with E-state index in [2.05, 4.69) is 27.5 Å². The van der Waals surface area contributed by atoms with E-state index >= 15 is 0 Å². The van der Waals surface area contributed by atoms with Crippen LogP contribution in [0.25, 0.3) is 0 Å². The molecule has 0 bridgehead atoms. The van der Waals surface area contributed by atoms with Crippen LogP contribution in [-0.4, -0.2) is 29.0 Å². The largest absolute Gasteiger partial charge is 0.370 e. The number of primary amides is 1. The van der Waals surface area contributed by atoms with E-state index in [0.29, 0.717) is 18.9 Å². The predicted octanol–water partition coefficient (Wildman–Crippen LogP) is 0.894. The van der Waals surface area contributed by atoms with E-state index in [1.807, 2.05) is 6.92 Å². The van der Waals surface area contributed by atoms with Crippen molar-refractivity contribution in [2.24, 2.45) is 5.73 Å². The molecule has 0 spiro atoms. The van der Waals surface area contributed by atoms with Gasteiger partial charge in [0.05, 0.1) is 0 Å². The zero-order chi connectivity index (χ0) is 12.7. The predicted molar refractivity (Wildman–Crippen MR) is 67.9 cm³/mol. The van der Waals surface area contributed by atoms with Crippen molar-refractivity contribution in [1.82, 2.24) is 9.97 Å². The molecular weight excluding hydrogens is 218 g/mol. The maximum atomic E-state index is 10.6. The summed E-state index contributed by atoms with van der Waals surface area (Å²) in [5.74, 6) is 1.01. The van der Waals surface area contributed by atoms with Crippen molar-refractivity contribution in [3.05, 3.63) is 11.8 Å². The van der Waals surface area contributed by atoms with Crippen LogP contribution in [0.5, 0.6) is 0 Å². The number of aromatic nitrogens is 2. The van der Waals surface area contributed by atoms with Crippen LogP contribution >= 0.6 is 0 Å². The molecule has 1 heterocycles. The number of aryl methyl sites for hydroxylation is 1. The Morgan fingerprint density at radius 3 is 2.82 bits per heavy atom. The van der Waals surface area contributed by atoms with E-state index in [-0.39, 0.29) is 5.91 Å². The highest BCUT2D eigenvalue weighted by atomic mass is 16.1. The van der Waals surface area contributed by atoms with Crippen molar-refractivity contribution in [3.8, 4) is 0 Å². The van der Waals surface area contributed by atoms with Gasteiger partial charge in [-0.25, -0.2) is 4.98 Å². The first kappa shape index (κ1) is 13.2. The molecule has 1 aromatic rings. The second-order valence-electron chi connectivity index (χ2n) is 3.80. The van der Waals surface area contributed by atoms with Crippen LogP contribution in [0.1, 0.15) is 25.3 Å². The van der Waals surface area contributed by atoms with E-state index in [1.54, 1.807) is 6.20 Å². The second-order valence-corrected chi connectivity index (χ2v) is 3.80. The zero-order valence-electron chi connectivity index (χ0n) is 10.3. The van der Waals surface area contributed by atoms with Crippen LogP contribution < -0.4 is 16.4 Å². The summed E-state index contributed by atoms with van der Waals surface area (Å²) in [7, 11) is 0. The van der Waals surface area contributed by atoms with Crippen molar-refractivity contribution in [2.45, 2.75) is 26.7 Å². The number of rotatable bonds is 7. The molecule has 1 amide bonds. The van der Waals surface area contributed by atoms with Gasteiger partial charge in [-0.3, -0.25) is 4.79 Å². The van der Waals surface area contributed by atoms with Gasteiger partial charge in [-0.1, -0.05) is 6.92 Å². The Morgan fingerprint density at radius 1 is 1.41 bits per heavy atom. The summed E-state index contributed by atoms with van der Waals surface area (Å²) in [6.45, 7) is 5.31. The summed E-state index contributed by atoms with van der Waals surface area (Å²) in [5.41, 5.74) is 6.01. The number of carbonyl (C=O) groups excluding carboxylic acids is 1. The summed E-state index contributed by atoms with van der Waals surface area (Å²) < 4.78 is 0. The molecule has 0 aromatic carbocycles. The lowest BCUT2D eigenvalue weighted by molar-refractivity contribution is -0.117. The molecule has 0 aliphatic heterocycles. The Morgan fingerprint density at radius 2 is 2.18 bits per heavy atom. The maximum Gasteiger partial charge on any atom is 0.224 e. The lowest BCUT2D eigenvalue weighted by atomic mass is 10.3. The quantitative estimate of drug-likeness (QED) is 0.655. The second kappa shape index (κ2) is 6.67. The molecule has 0 unspecified atom stereocenters. The highest BCUT2D eigenvalue weighted by Gasteiger charge is 2.03. The average Bonchev–Trinajstić information content (AvgIpc) is 2.29. The fraction of sp³-hybridized carbons (Fsp3) is 0.545. The third-order valence-corrected chi connectivity index (χ3v) is 2.17. The Hall–Kier alpha value is -1.85. The van der Waals surface area contributed by atoms with E-state index in [1.165, 1.54) is 0 Å². The number of anilines is 2. The Kier molecular flexibility index (Phi) is 5.19. The summed E-state index contributed by atoms with van der Waals surface area (Å²) in [6, 6.07) is 0. The third kappa shape index (κ3) is 4.67. The lowest BCUT2D eigenvalue weighted by Crippen LogP contribution is -2.17. The number of carbonyl (C=O) groups is 1. The molecule has 0 fully saturated rings. The first-order valence-electron chi connectivity index (χ1n) is 5.73. The Balaban J connectivity index is 2.59. The molecule has 6 nitrogen and oxygen atoms in total. The number of amides is 1. The molecule has 0 atom stereocenters. The monoisotopic (exact) mass is 237 g/mol. The fourth-order valence-electron chi connectivity index (χ4n) is 1.25. The first-order chi connectivity index (χ1) is 8.13. The van der Waals surface area contributed by atoms with Gasteiger partial charge in [0.25, 0.3) is 0 Å². The molecule has 1 rings (SSSR count). The standard InChI is InChI=1S/C11H19N5O/c1-3-5-14-11-15-7-8(2)10(16-11)13-6-4-9(12)17/h7H,3-6H2,1-2H3,(H2,12,17)(H2,13,14,15,16). The van der Waals surface area contributed by atoms with Crippen molar-refractivity contribution < 1.29 is 4.79 Å². The van der Waals surface area contributed by atoms with Gasteiger partial charge >= 0.3 is 0 Å². The smallest absolute Gasteiger partial charge is 0.224 e. The van der Waals surface area contributed by atoms with Gasteiger partial charge in [0.1, 0.15) is 5.82 Å². The van der Waals surface area contributed by atoms with E-state index in [0.717, 1.165) is 24.3 Å². The lowest BCUT2D eigenvalue weighted by Gasteiger charge is -2.09. The molecule has 94 valence electrons. The highest BCUT2D eigenvalue weighted by Crippen LogP contribution is 2.12. The van der Waals surface area contributed by atoms with Crippen LogP contribution in [-0.2, 0) is 4.79 Å². The molecule has 0 aliphatic rings. The highest BCUT2D eigenvalue weighted by molar-refractivity contribution is 5.74. The van der Waals surface area contributed by atoms with E-state index in [9.17, 15) is 4.79 Å². The minimum absolute atomic E-state index is 0.293. The normalized spacial score (nSPS) is 10.0. The number of hydrogen-bond acceptors (Lipinski definition) is 5. The van der Waals surface area contributed by atoms with Crippen molar-refractivity contribution in [2.75, 3.05) is 23.7 Å². The van der Waals surface area contributed by atoms with Crippen molar-refractivity contribution in [1.29, 1.82) is 0 Å². The summed E-state index contributed by atoms with van der Waals surface area (Å²) in [4.78, 5) is 19.1. The fourth-order valence-corrected chi connectivity index (χ4v) is 1.25. The van der Waals surface area contributed by atoms with Crippen molar-refractivity contribution in [3.63, 3.8) is 0 Å². The topological polar surface area (TPSA) is 92.9 Å². The molecular formula is C11H19N5O. The number of hydrogen-bond donors (Lipinski definition) is 3. The van der Waals surface area contributed by atoms with Gasteiger partial charge in [-0.15, -0.1) is 0 Å². The Labute approximate surface area is 101 Å². The molecule has 0 saturated carbocycles. The zero-order valence-corrected chi connectivity index (χ0v) is 10.3. The summed E-state index contributed by atoms with van der Waals surface area (Å²) in [6.07, 6.45) is 3.06. The van der Waals surface area contributed by atoms with Crippen LogP contribution in [0.3, 0.4) is 0 Å². The third-order valence-electron chi connectivity index (χ3n) is 2.17. The van der Waals surface area contributed by atoms with Crippen LogP contribution in [0.15, 0.2) is 6.20 Å². The van der Waals surface area contributed by atoms with Crippen molar-refractivity contribution >= 4 is 17.7 Å². The molecule has 0 aliphatic carbocycles. The number of nitrogens with one attached hydrogen (secondary N) is 2. The minimum atomic E-state index is -0.325. The molecule has 4 N–H and O–H groups in total. The van der Waals surface area contributed by atoms with Gasteiger partial charge in [-0.05, 0) is 13.3 Å². The van der Waals surface area contributed by atoms with Crippen LogP contribution in [0, 0.1) is 6.92 Å². The van der Waals surface area contributed by atoms with Crippen LogP contribution in [0.2, 0.25) is 0 Å². The van der Waals surface area contributed by atoms with E-state index in [4.69, 9.17) is 5.73 Å². The Bertz CT molecular complexity index is 380. The molecule has 17 heavy (non-hydrogen) atoms. The minimum Gasteiger partial charge on any atom is -0.370 e. The van der Waals surface area contributed by atoms with Gasteiger partial charge < -0.3 is 16.4 Å². The van der Waals surface area contributed by atoms with Gasteiger partial charge in [0.15, 0.2) is 0 Å². The van der Waals surface area contributed by atoms with E-state index < -0.39 is 0 Å². The summed E-state index contributed by atoms with van der Waals surface area (Å²) in [5, 5.41) is 6.18. The van der Waals surface area contributed by atoms with Crippen LogP contribution in [0.4, 0.5) is 11.8 Å². The number of nitrogens with zero attached hydrogens (tertiary/aromatic N) is 2. The van der Waals surface area contributed by atoms with Gasteiger partial charge in [0, 0.05) is 31.3 Å². The molecule has 0 radical (unpaired) electrons. The summed E-state index contributed by atoms with van der Waals surface area (Å²) >= 11 is 0. The first-order valence-corrected chi connectivity index (χ1v) is 5.73. The number of nitrogens with two attached hydrogens (primary N) is 1. The van der Waals surface area contributed by atoms with Gasteiger partial charge in [0.2, 0.25) is 11.9 Å². The maximum absolute atomic E-state index is 10.6. The molecule has 0 saturated heterocycles. The molecule has 1 aromatic heterocycles. The SMILES string of the molecule is CCCNc1ncc(C)c(NCCC(N)=O)n1. The molecule has 6 heteroatoms.